The molecule has 10 heteroatoms. The van der Waals surface area contributed by atoms with Crippen molar-refractivity contribution in [2.75, 3.05) is 14.2 Å². The van der Waals surface area contributed by atoms with Gasteiger partial charge >= 0.3 is 0 Å². The van der Waals surface area contributed by atoms with Gasteiger partial charge in [-0.1, -0.05) is 12.1 Å². The van der Waals surface area contributed by atoms with E-state index < -0.39 is 11.8 Å². The Morgan fingerprint density at radius 3 is 1.60 bits per heavy atom. The van der Waals surface area contributed by atoms with Gasteiger partial charge in [-0.25, -0.2) is 10.9 Å². The summed E-state index contributed by atoms with van der Waals surface area (Å²) >= 11 is 0. The molecule has 0 unspecified atom stereocenters. The minimum Gasteiger partial charge on any atom is -0.504 e. The van der Waals surface area contributed by atoms with Crippen LogP contribution in [0.1, 0.15) is 24.0 Å². The van der Waals surface area contributed by atoms with Crippen LogP contribution in [0.15, 0.2) is 46.6 Å². The van der Waals surface area contributed by atoms with E-state index >= 15 is 0 Å². The summed E-state index contributed by atoms with van der Waals surface area (Å²) < 4.78 is 9.96. The molecule has 0 saturated heterocycles. The fraction of sp³-hybridized carbons (Fsp3) is 0.200. The molecule has 2 aromatic rings. The summed E-state index contributed by atoms with van der Waals surface area (Å²) in [5, 5.41) is 27.3. The Balaban J connectivity index is 1.78. The van der Waals surface area contributed by atoms with E-state index in [0.717, 1.165) is 0 Å². The predicted molar refractivity (Wildman–Crippen MR) is 110 cm³/mol. The van der Waals surface area contributed by atoms with Gasteiger partial charge in [0, 0.05) is 24.0 Å². The van der Waals surface area contributed by atoms with Crippen LogP contribution in [-0.4, -0.2) is 48.7 Å². The van der Waals surface area contributed by atoms with E-state index in [2.05, 4.69) is 21.1 Å². The molecule has 2 rings (SSSR count). The maximum absolute atomic E-state index is 11.8. The number of phenols is 2. The summed E-state index contributed by atoms with van der Waals surface area (Å²) in [5.41, 5.74) is 5.26. The number of ether oxygens (including phenoxy) is 2. The first kappa shape index (κ1) is 22.2. The van der Waals surface area contributed by atoms with Crippen LogP contribution >= 0.6 is 0 Å². The Hall–Kier alpha value is -4.08. The average molecular weight is 414 g/mol. The van der Waals surface area contributed by atoms with Gasteiger partial charge in [0.15, 0.2) is 23.0 Å². The largest absolute Gasteiger partial charge is 0.504 e. The summed E-state index contributed by atoms with van der Waals surface area (Å²) in [7, 11) is 2.85. The van der Waals surface area contributed by atoms with E-state index in [9.17, 15) is 19.8 Å². The number of rotatable bonds is 9. The quantitative estimate of drug-likeness (QED) is 0.362. The predicted octanol–water partition coefficient (Wildman–Crippen LogP) is 1.50. The first-order valence-electron chi connectivity index (χ1n) is 8.82. The summed E-state index contributed by atoms with van der Waals surface area (Å²) in [6.07, 6.45) is 2.29. The second kappa shape index (κ2) is 11.1. The molecule has 0 spiro atoms. The van der Waals surface area contributed by atoms with Crippen molar-refractivity contribution < 1.29 is 29.3 Å². The summed E-state index contributed by atoms with van der Waals surface area (Å²) in [4.78, 5) is 23.6. The highest BCUT2D eigenvalue weighted by atomic mass is 16.5. The lowest BCUT2D eigenvalue weighted by molar-refractivity contribution is -0.126. The van der Waals surface area contributed by atoms with Crippen LogP contribution in [0, 0.1) is 0 Å². The van der Waals surface area contributed by atoms with Crippen LogP contribution < -0.4 is 20.3 Å². The van der Waals surface area contributed by atoms with Gasteiger partial charge in [-0.05, 0) is 24.3 Å². The molecule has 10 nitrogen and oxygen atoms in total. The van der Waals surface area contributed by atoms with Gasteiger partial charge in [0.2, 0.25) is 11.8 Å². The zero-order valence-electron chi connectivity index (χ0n) is 16.5. The highest BCUT2D eigenvalue weighted by Crippen LogP contribution is 2.28. The van der Waals surface area contributed by atoms with E-state index in [4.69, 9.17) is 9.47 Å². The van der Waals surface area contributed by atoms with Crippen molar-refractivity contribution in [3.63, 3.8) is 0 Å². The zero-order valence-corrected chi connectivity index (χ0v) is 16.5. The maximum atomic E-state index is 11.8. The number of carbonyl (C=O) groups is 2. The molecule has 0 aliphatic rings. The molecule has 0 heterocycles. The number of para-hydroxylation sites is 2. The molecule has 0 aromatic heterocycles. The molecule has 4 N–H and O–H groups in total. The first-order chi connectivity index (χ1) is 14.5. The molecule has 0 aliphatic heterocycles. The van der Waals surface area contributed by atoms with Gasteiger partial charge < -0.3 is 19.7 Å². The number of hydrogen-bond donors (Lipinski definition) is 4. The van der Waals surface area contributed by atoms with Crippen molar-refractivity contribution in [1.29, 1.82) is 0 Å². The lowest BCUT2D eigenvalue weighted by Gasteiger charge is -2.05. The van der Waals surface area contributed by atoms with Crippen LogP contribution in [0.4, 0.5) is 0 Å². The monoisotopic (exact) mass is 414 g/mol. The van der Waals surface area contributed by atoms with Gasteiger partial charge in [0.25, 0.3) is 0 Å². The third-order valence-corrected chi connectivity index (χ3v) is 3.87. The lowest BCUT2D eigenvalue weighted by Crippen LogP contribution is -2.22. The Morgan fingerprint density at radius 1 is 0.833 bits per heavy atom. The van der Waals surface area contributed by atoms with Crippen molar-refractivity contribution in [1.82, 2.24) is 10.9 Å². The van der Waals surface area contributed by atoms with Crippen molar-refractivity contribution >= 4 is 24.2 Å². The van der Waals surface area contributed by atoms with Gasteiger partial charge in [-0.2, -0.15) is 10.2 Å². The van der Waals surface area contributed by atoms with Crippen molar-refractivity contribution in [2.45, 2.75) is 12.8 Å². The number of nitrogens with zero attached hydrogens (tertiary/aromatic N) is 2. The number of hydrazone groups is 2. The van der Waals surface area contributed by atoms with Crippen LogP contribution in [0.3, 0.4) is 0 Å². The van der Waals surface area contributed by atoms with Crippen molar-refractivity contribution in [2.24, 2.45) is 10.2 Å². The van der Waals surface area contributed by atoms with Gasteiger partial charge in [-0.15, -0.1) is 0 Å². The molecular formula is C20H22N4O6. The molecule has 0 atom stereocenters. The molecule has 0 fully saturated rings. The van der Waals surface area contributed by atoms with Gasteiger partial charge in [0.05, 0.1) is 26.6 Å². The number of carbonyl (C=O) groups excluding carboxylic acids is 2. The molecule has 0 radical (unpaired) electrons. The number of benzene rings is 2. The number of methoxy groups -OCH3 is 2. The standard InChI is InChI=1S/C20H22N4O6/c1-29-15-7-3-5-13(19(15)27)11-21-23-17(25)9-10-18(26)24-22-12-14-6-4-8-16(30-2)20(14)28/h3-8,11-12,27-28H,9-10H2,1-2H3,(H,23,25)(H,24,26)/b21-11-,22-12+. The number of nitrogens with one attached hydrogen (secondary N) is 2. The minimum atomic E-state index is -0.488. The third-order valence-electron chi connectivity index (χ3n) is 3.87. The summed E-state index contributed by atoms with van der Waals surface area (Å²) in [5.74, 6) is -0.611. The van der Waals surface area contributed by atoms with E-state index in [1.54, 1.807) is 36.4 Å². The molecule has 2 amide bonds. The Bertz CT molecular complexity index is 881. The average Bonchev–Trinajstić information content (AvgIpc) is 2.74. The normalized spacial score (nSPS) is 10.9. The molecule has 0 aliphatic carbocycles. The van der Waals surface area contributed by atoms with Gasteiger partial charge in [0.1, 0.15) is 0 Å². The van der Waals surface area contributed by atoms with E-state index in [0.29, 0.717) is 11.1 Å². The number of hydrogen-bond acceptors (Lipinski definition) is 8. The Labute approximate surface area is 172 Å². The Morgan fingerprint density at radius 2 is 1.23 bits per heavy atom. The van der Waals surface area contributed by atoms with Gasteiger partial charge in [-0.3, -0.25) is 9.59 Å². The van der Waals surface area contributed by atoms with Crippen LogP contribution in [0.25, 0.3) is 0 Å². The topological polar surface area (TPSA) is 142 Å². The van der Waals surface area contributed by atoms with Crippen LogP contribution in [0.5, 0.6) is 23.0 Å². The molecule has 0 saturated carbocycles. The van der Waals surface area contributed by atoms with Crippen molar-refractivity contribution in [3.8, 4) is 23.0 Å². The molecule has 2 aromatic carbocycles. The highest BCUT2D eigenvalue weighted by molar-refractivity contribution is 5.88. The van der Waals surface area contributed by atoms with Crippen molar-refractivity contribution in [3.05, 3.63) is 47.5 Å². The lowest BCUT2D eigenvalue weighted by atomic mass is 10.2. The molecular weight excluding hydrogens is 392 g/mol. The third kappa shape index (κ3) is 6.23. The Kier molecular flexibility index (Phi) is 8.18. The molecule has 0 bridgehead atoms. The minimum absolute atomic E-state index is 0.0997. The van der Waals surface area contributed by atoms with E-state index in [1.165, 1.54) is 26.6 Å². The fourth-order valence-corrected chi connectivity index (χ4v) is 2.30. The molecule has 30 heavy (non-hydrogen) atoms. The number of amides is 2. The number of phenolic OH excluding ortho intramolecular Hbond substituents is 2. The van der Waals surface area contributed by atoms with E-state index in [1.807, 2.05) is 0 Å². The zero-order chi connectivity index (χ0) is 21.9. The second-order valence-corrected chi connectivity index (χ2v) is 5.88. The highest BCUT2D eigenvalue weighted by Gasteiger charge is 2.08. The van der Waals surface area contributed by atoms with Crippen LogP contribution in [-0.2, 0) is 9.59 Å². The smallest absolute Gasteiger partial charge is 0.240 e. The number of aromatic hydroxyl groups is 2. The van der Waals surface area contributed by atoms with Crippen LogP contribution in [0.2, 0.25) is 0 Å². The SMILES string of the molecule is COc1cccc(/C=N\NC(=O)CCC(=O)N/N=C/c2cccc(OC)c2O)c1O. The maximum Gasteiger partial charge on any atom is 0.240 e. The second-order valence-electron chi connectivity index (χ2n) is 5.88. The first-order valence-corrected chi connectivity index (χ1v) is 8.82. The summed E-state index contributed by atoms with van der Waals surface area (Å²) in [6, 6.07) is 9.69. The van der Waals surface area contributed by atoms with E-state index in [-0.39, 0.29) is 35.8 Å². The fourth-order valence-electron chi connectivity index (χ4n) is 2.30. The molecule has 158 valence electrons. The summed E-state index contributed by atoms with van der Waals surface area (Å²) in [6.45, 7) is 0.